The normalized spacial score (nSPS) is 9.61. The summed E-state index contributed by atoms with van der Waals surface area (Å²) in [5.74, 6) is 0.600. The molecule has 0 fully saturated rings. The van der Waals surface area contributed by atoms with Gasteiger partial charge in [-0.3, -0.25) is 10.1 Å². The van der Waals surface area contributed by atoms with Crippen molar-refractivity contribution >= 4 is 40.9 Å². The molecule has 0 saturated heterocycles. The summed E-state index contributed by atoms with van der Waals surface area (Å²) in [6.45, 7) is 3.86. The smallest absolute Gasteiger partial charge is 0.313 e. The van der Waals surface area contributed by atoms with Gasteiger partial charge in [-0.25, -0.2) is 0 Å². The molecule has 0 atom stereocenters. The molecule has 0 N–H and O–H groups in total. The van der Waals surface area contributed by atoms with Crippen LogP contribution in [0.15, 0.2) is 24.3 Å². The second-order valence-corrected chi connectivity index (χ2v) is 4.85. The Morgan fingerprint density at radius 2 is 2.33 bits per heavy atom. The number of hydrogen-bond acceptors (Lipinski definition) is 5. The maximum absolute atomic E-state index is 10.9. The molecule has 7 heteroatoms. The van der Waals surface area contributed by atoms with Gasteiger partial charge in [0.25, 0.3) is 0 Å². The van der Waals surface area contributed by atoms with Crippen molar-refractivity contribution in [3.8, 4) is 11.8 Å². The summed E-state index contributed by atoms with van der Waals surface area (Å²) >= 11 is 5.93. The number of rotatable bonds is 5. The number of nitro groups is 1. The molecule has 5 nitrogen and oxygen atoms in total. The first kappa shape index (κ1) is 14.8. The minimum atomic E-state index is -0.568. The number of nitrogens with zero attached hydrogens (tertiary/aromatic N) is 2. The second kappa shape index (κ2) is 6.61. The zero-order valence-corrected chi connectivity index (χ0v) is 12.3. The highest BCUT2D eigenvalue weighted by Gasteiger charge is 2.20. The topological polar surface area (TPSA) is 76.2 Å². The molecule has 0 aromatic heterocycles. The Bertz CT molecular complexity index is 540. The van der Waals surface area contributed by atoms with Crippen molar-refractivity contribution in [1.29, 1.82) is 5.26 Å². The number of hydrogen-bond donors (Lipinski definition) is 1. The van der Waals surface area contributed by atoms with Gasteiger partial charge in [-0.05, 0) is 34.2 Å². The fourth-order valence-corrected chi connectivity index (χ4v) is 2.00. The van der Waals surface area contributed by atoms with Gasteiger partial charge in [0.1, 0.15) is 6.61 Å². The summed E-state index contributed by atoms with van der Waals surface area (Å²) in [6, 6.07) is 4.60. The van der Waals surface area contributed by atoms with Gasteiger partial charge >= 0.3 is 5.69 Å². The lowest BCUT2D eigenvalue weighted by Crippen LogP contribution is -2.05. The fourth-order valence-electron chi connectivity index (χ4n) is 1.14. The standard InChI is InChI=1S/C11H9IN2O3S/c1-7(6-18)5-17-11-9(12)2-8(4-13)3-10(11)14(15)16/h2-3,18H,1,5-6H2. The van der Waals surface area contributed by atoms with Crippen molar-refractivity contribution in [1.82, 2.24) is 0 Å². The molecule has 94 valence electrons. The average molecular weight is 376 g/mol. The van der Waals surface area contributed by atoms with Gasteiger partial charge in [0, 0.05) is 11.8 Å². The molecule has 0 aliphatic carbocycles. The molecule has 0 aliphatic rings. The molecule has 18 heavy (non-hydrogen) atoms. The lowest BCUT2D eigenvalue weighted by atomic mass is 10.2. The van der Waals surface area contributed by atoms with Crippen molar-refractivity contribution in [3.05, 3.63) is 43.5 Å². The number of halogens is 1. The number of nitriles is 1. The first-order valence-corrected chi connectivity index (χ1v) is 6.49. The van der Waals surface area contributed by atoms with Crippen molar-refractivity contribution in [2.75, 3.05) is 12.4 Å². The minimum absolute atomic E-state index is 0.155. The predicted molar refractivity (Wildman–Crippen MR) is 79.0 cm³/mol. The van der Waals surface area contributed by atoms with Crippen LogP contribution in [0.1, 0.15) is 5.56 Å². The summed E-state index contributed by atoms with van der Waals surface area (Å²) in [7, 11) is 0. The van der Waals surface area contributed by atoms with Crippen LogP contribution in [0.5, 0.6) is 5.75 Å². The Labute approximate surface area is 123 Å². The summed E-state index contributed by atoms with van der Waals surface area (Å²) in [4.78, 5) is 10.4. The first-order chi connectivity index (χ1) is 8.49. The lowest BCUT2D eigenvalue weighted by Gasteiger charge is -2.09. The maximum atomic E-state index is 10.9. The molecular formula is C11H9IN2O3S. The van der Waals surface area contributed by atoms with Crippen LogP contribution < -0.4 is 4.74 Å². The van der Waals surface area contributed by atoms with Gasteiger partial charge in [0.05, 0.1) is 20.1 Å². The van der Waals surface area contributed by atoms with Crippen LogP contribution in [0.2, 0.25) is 0 Å². The third-order valence-corrected chi connectivity index (χ3v) is 3.24. The Hall–Kier alpha value is -1.27. The molecule has 0 unspecified atom stereocenters. The molecule has 0 aliphatic heterocycles. The van der Waals surface area contributed by atoms with Crippen LogP contribution in [0.25, 0.3) is 0 Å². The Kier molecular flexibility index (Phi) is 5.43. The number of benzene rings is 1. The van der Waals surface area contributed by atoms with E-state index in [4.69, 9.17) is 10.00 Å². The zero-order chi connectivity index (χ0) is 13.7. The summed E-state index contributed by atoms with van der Waals surface area (Å²) in [5.41, 5.74) is 0.727. The molecular weight excluding hydrogens is 367 g/mol. The minimum Gasteiger partial charge on any atom is -0.482 e. The van der Waals surface area contributed by atoms with Gasteiger partial charge in [-0.15, -0.1) is 0 Å². The van der Waals surface area contributed by atoms with Crippen LogP contribution in [0, 0.1) is 25.0 Å². The van der Waals surface area contributed by atoms with Crippen molar-refractivity contribution in [2.45, 2.75) is 0 Å². The van der Waals surface area contributed by atoms with E-state index >= 15 is 0 Å². The van der Waals surface area contributed by atoms with Crippen molar-refractivity contribution < 1.29 is 9.66 Å². The Morgan fingerprint density at radius 1 is 1.67 bits per heavy atom. The summed E-state index contributed by atoms with van der Waals surface area (Å²) in [6.07, 6.45) is 0. The van der Waals surface area contributed by atoms with Gasteiger partial charge in [-0.2, -0.15) is 17.9 Å². The van der Waals surface area contributed by atoms with Crippen LogP contribution >= 0.6 is 35.2 Å². The van der Waals surface area contributed by atoms with Crippen molar-refractivity contribution in [3.63, 3.8) is 0 Å². The number of nitro benzene ring substituents is 1. The van der Waals surface area contributed by atoms with E-state index in [1.165, 1.54) is 12.1 Å². The highest BCUT2D eigenvalue weighted by molar-refractivity contribution is 14.1. The maximum Gasteiger partial charge on any atom is 0.313 e. The lowest BCUT2D eigenvalue weighted by molar-refractivity contribution is -0.385. The zero-order valence-electron chi connectivity index (χ0n) is 9.22. The van der Waals surface area contributed by atoms with E-state index in [-0.39, 0.29) is 23.6 Å². The quantitative estimate of drug-likeness (QED) is 0.282. The molecule has 0 saturated carbocycles. The third kappa shape index (κ3) is 3.61. The van der Waals surface area contributed by atoms with E-state index in [0.717, 1.165) is 0 Å². The van der Waals surface area contributed by atoms with E-state index < -0.39 is 4.92 Å². The van der Waals surface area contributed by atoms with E-state index in [1.807, 2.05) is 28.7 Å². The molecule has 0 amide bonds. The molecule has 0 bridgehead atoms. The molecule has 1 aromatic carbocycles. The van der Waals surface area contributed by atoms with Crippen LogP contribution in [-0.4, -0.2) is 17.3 Å². The molecule has 1 rings (SSSR count). The monoisotopic (exact) mass is 376 g/mol. The molecule has 1 aromatic rings. The van der Waals surface area contributed by atoms with Gasteiger partial charge < -0.3 is 4.74 Å². The molecule has 0 heterocycles. The molecule has 0 spiro atoms. The first-order valence-electron chi connectivity index (χ1n) is 4.78. The van der Waals surface area contributed by atoms with Gasteiger partial charge in [0.2, 0.25) is 5.75 Å². The third-order valence-electron chi connectivity index (χ3n) is 1.99. The highest BCUT2D eigenvalue weighted by atomic mass is 127. The van der Waals surface area contributed by atoms with E-state index in [9.17, 15) is 10.1 Å². The van der Waals surface area contributed by atoms with E-state index in [1.54, 1.807) is 0 Å². The van der Waals surface area contributed by atoms with Crippen LogP contribution in [0.3, 0.4) is 0 Å². The van der Waals surface area contributed by atoms with Gasteiger partial charge in [0.15, 0.2) is 0 Å². The van der Waals surface area contributed by atoms with Crippen LogP contribution in [-0.2, 0) is 0 Å². The van der Waals surface area contributed by atoms with Crippen LogP contribution in [0.4, 0.5) is 5.69 Å². The largest absolute Gasteiger partial charge is 0.482 e. The number of ether oxygens (including phenoxy) is 1. The average Bonchev–Trinajstić information content (AvgIpc) is 2.35. The fraction of sp³-hybridized carbons (Fsp3) is 0.182. The highest BCUT2D eigenvalue weighted by Crippen LogP contribution is 2.33. The van der Waals surface area contributed by atoms with E-state index in [2.05, 4.69) is 19.2 Å². The Balaban J connectivity index is 3.13. The molecule has 0 radical (unpaired) electrons. The van der Waals surface area contributed by atoms with Gasteiger partial charge in [-0.1, -0.05) is 6.58 Å². The summed E-state index contributed by atoms with van der Waals surface area (Å²) in [5, 5.41) is 19.7. The van der Waals surface area contributed by atoms with Crippen molar-refractivity contribution in [2.24, 2.45) is 0 Å². The summed E-state index contributed by atoms with van der Waals surface area (Å²) < 4.78 is 5.89. The predicted octanol–water partition coefficient (Wildman–Crippen LogP) is 2.94. The SMILES string of the molecule is C=C(CS)COc1c(I)cc(C#N)cc1[N+](=O)[O-]. The second-order valence-electron chi connectivity index (χ2n) is 3.37. The van der Waals surface area contributed by atoms with E-state index in [0.29, 0.717) is 14.9 Å². The number of thiol groups is 1. The Morgan fingerprint density at radius 3 is 2.83 bits per heavy atom.